The lowest BCUT2D eigenvalue weighted by molar-refractivity contribution is 0.0278. The van der Waals surface area contributed by atoms with E-state index in [0.717, 1.165) is 11.2 Å². The summed E-state index contributed by atoms with van der Waals surface area (Å²) >= 11 is 6.13. The summed E-state index contributed by atoms with van der Waals surface area (Å²) in [5, 5.41) is 9.92. The van der Waals surface area contributed by atoms with Gasteiger partial charge in [-0.05, 0) is 50.6 Å². The fraction of sp³-hybridized carbons (Fsp3) is 0.348. The summed E-state index contributed by atoms with van der Waals surface area (Å²) in [6, 6.07) is 10.9. The number of amides is 1. The molecule has 7 nitrogen and oxygen atoms in total. The van der Waals surface area contributed by atoms with E-state index in [0.29, 0.717) is 29.3 Å². The molecular formula is C23H25ClN4O3. The van der Waals surface area contributed by atoms with Crippen LogP contribution in [0.25, 0.3) is 5.65 Å². The molecule has 0 fully saturated rings. The number of nitriles is 1. The molecule has 1 atom stereocenters. The van der Waals surface area contributed by atoms with Crippen molar-refractivity contribution in [2.24, 2.45) is 0 Å². The largest absolute Gasteiger partial charge is 0.484 e. The van der Waals surface area contributed by atoms with Crippen molar-refractivity contribution in [3.63, 3.8) is 0 Å². The Morgan fingerprint density at radius 3 is 2.77 bits per heavy atom. The van der Waals surface area contributed by atoms with Crippen molar-refractivity contribution in [3.8, 4) is 11.8 Å². The molecule has 0 radical (unpaired) electrons. The summed E-state index contributed by atoms with van der Waals surface area (Å²) in [5.74, 6) is 0.392. The second-order valence-corrected chi connectivity index (χ2v) is 8.64. The second kappa shape index (κ2) is 9.27. The number of pyridine rings is 1. The molecule has 0 saturated carbocycles. The van der Waals surface area contributed by atoms with Gasteiger partial charge in [-0.2, -0.15) is 5.26 Å². The molecule has 0 aliphatic rings. The molecule has 162 valence electrons. The lowest BCUT2D eigenvalue weighted by Crippen LogP contribution is -2.35. The lowest BCUT2D eigenvalue weighted by atomic mass is 10.1. The van der Waals surface area contributed by atoms with E-state index in [-0.39, 0.29) is 0 Å². The van der Waals surface area contributed by atoms with Gasteiger partial charge in [0.15, 0.2) is 0 Å². The van der Waals surface area contributed by atoms with Gasteiger partial charge in [0.2, 0.25) is 0 Å². The van der Waals surface area contributed by atoms with Gasteiger partial charge in [0.1, 0.15) is 29.2 Å². The van der Waals surface area contributed by atoms with Gasteiger partial charge in [-0.3, -0.25) is 0 Å². The minimum Gasteiger partial charge on any atom is -0.484 e. The van der Waals surface area contributed by atoms with Crippen LogP contribution in [0, 0.1) is 11.3 Å². The maximum Gasteiger partial charge on any atom is 0.410 e. The zero-order valence-corrected chi connectivity index (χ0v) is 18.8. The number of imidazole rings is 1. The van der Waals surface area contributed by atoms with E-state index in [1.165, 1.54) is 4.90 Å². The first-order chi connectivity index (χ1) is 14.7. The minimum absolute atomic E-state index is 0.386. The minimum atomic E-state index is -0.574. The highest BCUT2D eigenvalue weighted by Gasteiger charge is 2.22. The van der Waals surface area contributed by atoms with Crippen molar-refractivity contribution in [3.05, 3.63) is 65.1 Å². The van der Waals surface area contributed by atoms with Crippen LogP contribution in [-0.4, -0.2) is 39.6 Å². The third kappa shape index (κ3) is 5.89. The standard InChI is InChI=1S/C23H25ClN4O3/c1-23(2,3)31-22(29)27(4)10-8-19(16-7-11-28-12-9-26-21(28)13-16)30-20-14-18(24)6-5-17(20)15-25/h5-7,9,11-14,19H,8,10H2,1-4H3. The van der Waals surface area contributed by atoms with Gasteiger partial charge in [-0.15, -0.1) is 0 Å². The summed E-state index contributed by atoms with van der Waals surface area (Å²) in [7, 11) is 1.68. The summed E-state index contributed by atoms with van der Waals surface area (Å²) in [4.78, 5) is 18.2. The molecule has 8 heteroatoms. The van der Waals surface area contributed by atoms with E-state index in [4.69, 9.17) is 21.1 Å². The predicted octanol–water partition coefficient (Wildman–Crippen LogP) is 5.24. The maximum absolute atomic E-state index is 12.3. The normalized spacial score (nSPS) is 12.3. The number of benzene rings is 1. The predicted molar refractivity (Wildman–Crippen MR) is 118 cm³/mol. The smallest absolute Gasteiger partial charge is 0.410 e. The number of hydrogen-bond donors (Lipinski definition) is 0. The summed E-state index contributed by atoms with van der Waals surface area (Å²) < 4.78 is 13.6. The van der Waals surface area contributed by atoms with Gasteiger partial charge >= 0.3 is 6.09 Å². The monoisotopic (exact) mass is 440 g/mol. The Labute approximate surface area is 186 Å². The van der Waals surface area contributed by atoms with E-state index in [1.807, 2.05) is 49.7 Å². The molecule has 0 aliphatic carbocycles. The fourth-order valence-electron chi connectivity index (χ4n) is 3.00. The van der Waals surface area contributed by atoms with Gasteiger partial charge in [0.25, 0.3) is 0 Å². The number of hydrogen-bond acceptors (Lipinski definition) is 5. The Kier molecular flexibility index (Phi) is 6.71. The number of fused-ring (bicyclic) bond motifs is 1. The number of carbonyl (C=O) groups excluding carboxylic acids is 1. The number of carbonyl (C=O) groups is 1. The van der Waals surface area contributed by atoms with Crippen molar-refractivity contribution in [2.45, 2.75) is 38.9 Å². The number of aromatic nitrogens is 2. The molecule has 2 heterocycles. The molecule has 3 aromatic rings. The first kappa shape index (κ1) is 22.4. The average molecular weight is 441 g/mol. The van der Waals surface area contributed by atoms with E-state index in [9.17, 15) is 10.1 Å². The molecule has 3 rings (SSSR count). The maximum atomic E-state index is 12.3. The highest BCUT2D eigenvalue weighted by Crippen LogP contribution is 2.30. The van der Waals surface area contributed by atoms with E-state index >= 15 is 0 Å². The van der Waals surface area contributed by atoms with Crippen molar-refractivity contribution in [1.82, 2.24) is 14.3 Å². The molecule has 2 aromatic heterocycles. The number of nitrogens with zero attached hydrogens (tertiary/aromatic N) is 4. The van der Waals surface area contributed by atoms with Gasteiger partial charge in [0.05, 0.1) is 5.56 Å². The quantitative estimate of drug-likeness (QED) is 0.523. The van der Waals surface area contributed by atoms with E-state index < -0.39 is 17.8 Å². The molecule has 0 N–H and O–H groups in total. The third-order valence-corrected chi connectivity index (χ3v) is 4.79. The molecule has 31 heavy (non-hydrogen) atoms. The van der Waals surface area contributed by atoms with Gasteiger partial charge in [-0.1, -0.05) is 11.6 Å². The Balaban J connectivity index is 1.85. The second-order valence-electron chi connectivity index (χ2n) is 8.20. The molecular weight excluding hydrogens is 416 g/mol. The van der Waals surface area contributed by atoms with Crippen LogP contribution in [0.1, 0.15) is 44.4 Å². The molecule has 1 unspecified atom stereocenters. The Morgan fingerprint density at radius 1 is 1.29 bits per heavy atom. The van der Waals surface area contributed by atoms with Crippen LogP contribution in [0.15, 0.2) is 48.9 Å². The zero-order chi connectivity index (χ0) is 22.6. The summed E-state index contributed by atoms with van der Waals surface area (Å²) in [6.45, 7) is 5.87. The average Bonchev–Trinajstić information content (AvgIpc) is 3.17. The Hall–Kier alpha value is -3.24. The highest BCUT2D eigenvalue weighted by atomic mass is 35.5. The summed E-state index contributed by atoms with van der Waals surface area (Å²) in [5.41, 5.74) is 1.46. The molecule has 1 aromatic carbocycles. The number of halogens is 1. The van der Waals surface area contributed by atoms with Crippen molar-refractivity contribution in [2.75, 3.05) is 13.6 Å². The number of ether oxygens (including phenoxy) is 2. The number of rotatable bonds is 6. The van der Waals surface area contributed by atoms with Crippen LogP contribution in [0.3, 0.4) is 0 Å². The van der Waals surface area contributed by atoms with Crippen LogP contribution in [0.2, 0.25) is 5.02 Å². The molecule has 1 amide bonds. The van der Waals surface area contributed by atoms with Crippen LogP contribution >= 0.6 is 11.6 Å². The first-order valence-electron chi connectivity index (χ1n) is 9.89. The topological polar surface area (TPSA) is 79.9 Å². The van der Waals surface area contributed by atoms with Gasteiger partial charge < -0.3 is 18.8 Å². The van der Waals surface area contributed by atoms with Crippen molar-refractivity contribution >= 4 is 23.3 Å². The molecule has 0 saturated heterocycles. The lowest BCUT2D eigenvalue weighted by Gasteiger charge is -2.26. The summed E-state index contributed by atoms with van der Waals surface area (Å²) in [6.07, 6.45) is 5.11. The molecule has 0 spiro atoms. The van der Waals surface area contributed by atoms with E-state index in [2.05, 4.69) is 11.1 Å². The zero-order valence-electron chi connectivity index (χ0n) is 18.0. The van der Waals surface area contributed by atoms with Gasteiger partial charge in [0, 0.05) is 49.7 Å². The Bertz CT molecular complexity index is 1110. The van der Waals surface area contributed by atoms with Crippen LogP contribution in [0.4, 0.5) is 4.79 Å². The fourth-order valence-corrected chi connectivity index (χ4v) is 3.16. The van der Waals surface area contributed by atoms with E-state index in [1.54, 1.807) is 31.4 Å². The first-order valence-corrected chi connectivity index (χ1v) is 10.3. The van der Waals surface area contributed by atoms with Gasteiger partial charge in [-0.25, -0.2) is 9.78 Å². The van der Waals surface area contributed by atoms with Crippen LogP contribution in [-0.2, 0) is 4.74 Å². The third-order valence-electron chi connectivity index (χ3n) is 4.56. The van der Waals surface area contributed by atoms with Crippen molar-refractivity contribution in [1.29, 1.82) is 5.26 Å². The molecule has 0 bridgehead atoms. The van der Waals surface area contributed by atoms with Crippen molar-refractivity contribution < 1.29 is 14.3 Å². The highest BCUT2D eigenvalue weighted by molar-refractivity contribution is 6.30. The van der Waals surface area contributed by atoms with Crippen LogP contribution in [0.5, 0.6) is 5.75 Å². The van der Waals surface area contributed by atoms with Crippen LogP contribution < -0.4 is 4.74 Å². The Morgan fingerprint density at radius 2 is 2.06 bits per heavy atom. The molecule has 0 aliphatic heterocycles. The SMILES string of the molecule is CN(CCC(Oc1cc(Cl)ccc1C#N)c1ccn2ccnc2c1)C(=O)OC(C)(C)C.